The Balaban J connectivity index is 1.86. The third-order valence-corrected chi connectivity index (χ3v) is 12.7. The van der Waals surface area contributed by atoms with Gasteiger partial charge in [0.1, 0.15) is 18.3 Å². The number of unbranched alkanes of at least 4 members (excludes halogenated alkanes) is 3. The van der Waals surface area contributed by atoms with Crippen LogP contribution in [0.15, 0.2) is 0 Å². The summed E-state index contributed by atoms with van der Waals surface area (Å²) >= 11 is 0. The number of carbonyl (C=O) groups excluding carboxylic acids is 3. The quantitative estimate of drug-likeness (QED) is 0.0448. The zero-order chi connectivity index (χ0) is 44.3. The Hall–Kier alpha value is -1.83. The van der Waals surface area contributed by atoms with Gasteiger partial charge in [0.15, 0.2) is 5.92 Å². The molecular formula is C47H87N3O9. The maximum atomic E-state index is 14.4. The molecule has 3 aliphatic heterocycles. The van der Waals surface area contributed by atoms with Crippen LogP contribution in [0, 0.1) is 23.7 Å². The minimum atomic E-state index is -1.47. The van der Waals surface area contributed by atoms with Crippen molar-refractivity contribution < 1.29 is 43.1 Å². The summed E-state index contributed by atoms with van der Waals surface area (Å²) in [5.74, 6) is -2.85. The smallest absolute Gasteiger partial charge is 0.321 e. The Morgan fingerprint density at radius 1 is 0.508 bits per heavy atom. The Morgan fingerprint density at radius 3 is 1.07 bits per heavy atom. The molecule has 0 saturated carbocycles. The minimum Gasteiger partial charge on any atom is -0.462 e. The topological polar surface area (TPSA) is 116 Å². The van der Waals surface area contributed by atoms with Crippen molar-refractivity contribution in [3.8, 4) is 0 Å². The van der Waals surface area contributed by atoms with Gasteiger partial charge < -0.3 is 14.2 Å². The molecule has 0 aromatic rings. The maximum absolute atomic E-state index is 14.4. The van der Waals surface area contributed by atoms with E-state index in [-0.39, 0.29) is 35.9 Å². The molecule has 0 aromatic carbocycles. The van der Waals surface area contributed by atoms with Crippen LogP contribution in [-0.2, 0) is 43.1 Å². The molecule has 59 heavy (non-hydrogen) atoms. The van der Waals surface area contributed by atoms with Crippen LogP contribution < -0.4 is 0 Å². The molecule has 0 spiro atoms. The van der Waals surface area contributed by atoms with Crippen molar-refractivity contribution in [1.82, 2.24) is 15.2 Å². The number of esters is 3. The molecular weight excluding hydrogens is 751 g/mol. The van der Waals surface area contributed by atoms with Gasteiger partial charge in [0.2, 0.25) is 0 Å². The number of carbonyl (C=O) groups is 3. The maximum Gasteiger partial charge on any atom is 0.321 e. The van der Waals surface area contributed by atoms with E-state index in [1.807, 2.05) is 0 Å². The number of hydrogen-bond acceptors (Lipinski definition) is 12. The first kappa shape index (κ1) is 51.5. The highest BCUT2D eigenvalue weighted by Gasteiger charge is 2.49. The molecule has 3 rings (SSSR count). The van der Waals surface area contributed by atoms with Crippen molar-refractivity contribution in [3.63, 3.8) is 0 Å². The molecule has 6 atom stereocenters. The second-order valence-corrected chi connectivity index (χ2v) is 20.7. The molecule has 0 N–H and O–H groups in total. The van der Waals surface area contributed by atoms with E-state index in [9.17, 15) is 14.4 Å². The molecule has 0 bridgehead atoms. The third kappa shape index (κ3) is 14.6. The first-order chi connectivity index (χ1) is 27.6. The zero-order valence-corrected chi connectivity index (χ0v) is 40.1. The van der Waals surface area contributed by atoms with Gasteiger partial charge in [-0.25, -0.2) is 0 Å². The Bertz CT molecular complexity index is 1240. The van der Waals surface area contributed by atoms with Crippen molar-refractivity contribution in [2.75, 3.05) is 19.8 Å². The molecule has 6 unspecified atom stereocenters. The summed E-state index contributed by atoms with van der Waals surface area (Å²) in [6, 6.07) is 0.0258. The lowest BCUT2D eigenvalue weighted by Crippen LogP contribution is -2.59. The number of ether oxygens (including phenoxy) is 3. The first-order valence-electron chi connectivity index (χ1n) is 23.5. The average molecular weight is 838 g/mol. The fourth-order valence-corrected chi connectivity index (χ4v) is 9.42. The van der Waals surface area contributed by atoms with E-state index in [0.717, 1.165) is 38.5 Å². The Morgan fingerprint density at radius 2 is 0.797 bits per heavy atom. The third-order valence-electron chi connectivity index (χ3n) is 12.7. The van der Waals surface area contributed by atoms with Crippen LogP contribution in [0.4, 0.5) is 0 Å². The van der Waals surface area contributed by atoms with Crippen LogP contribution in [0.3, 0.4) is 0 Å². The summed E-state index contributed by atoms with van der Waals surface area (Å²) in [5, 5.41) is 6.30. The van der Waals surface area contributed by atoms with Crippen LogP contribution >= 0.6 is 0 Å². The summed E-state index contributed by atoms with van der Waals surface area (Å²) in [5.41, 5.74) is -1.26. The molecule has 3 heterocycles. The second kappa shape index (κ2) is 23.0. The lowest BCUT2D eigenvalue weighted by molar-refractivity contribution is -0.276. The number of hydroxylamine groups is 6. The minimum absolute atomic E-state index is 0.00206. The normalized spacial score (nSPS) is 28.2. The van der Waals surface area contributed by atoms with E-state index in [2.05, 4.69) is 119 Å². The van der Waals surface area contributed by atoms with Crippen molar-refractivity contribution in [2.24, 2.45) is 23.7 Å². The summed E-state index contributed by atoms with van der Waals surface area (Å²) in [4.78, 5) is 61.8. The molecule has 0 aromatic heterocycles. The summed E-state index contributed by atoms with van der Waals surface area (Å²) in [6.07, 6.45) is 7.47. The second-order valence-electron chi connectivity index (χ2n) is 20.7. The van der Waals surface area contributed by atoms with Crippen molar-refractivity contribution in [1.29, 1.82) is 0 Å². The Kier molecular flexibility index (Phi) is 20.1. The Labute approximate surface area is 359 Å². The van der Waals surface area contributed by atoms with Crippen LogP contribution in [0.1, 0.15) is 187 Å². The van der Waals surface area contributed by atoms with Crippen molar-refractivity contribution >= 4 is 17.9 Å². The van der Waals surface area contributed by atoms with Crippen LogP contribution in [-0.4, -0.2) is 106 Å². The van der Waals surface area contributed by atoms with E-state index in [1.54, 1.807) is 0 Å². The van der Waals surface area contributed by atoms with Gasteiger partial charge in [-0.2, -0.15) is 15.2 Å². The predicted molar refractivity (Wildman–Crippen MR) is 232 cm³/mol. The predicted octanol–water partition coefficient (Wildman–Crippen LogP) is 9.62. The van der Waals surface area contributed by atoms with Crippen molar-refractivity contribution in [2.45, 2.75) is 240 Å². The lowest BCUT2D eigenvalue weighted by Gasteiger charge is -2.50. The SMILES string of the molecule is CCCCON1C(C(C)C)CC(OC(=O)CC(C(=O)OC2CC(C(C)C)N(OCCCC)C(C)(C)C2)C(=O)OC2CC(C(C)C)N(OCCCC)C(C)(C)C2)CC1(C)C. The molecule has 12 heteroatoms. The van der Waals surface area contributed by atoms with Gasteiger partial charge in [-0.1, -0.05) is 81.6 Å². The van der Waals surface area contributed by atoms with Crippen LogP contribution in [0.5, 0.6) is 0 Å². The van der Waals surface area contributed by atoms with Gasteiger partial charge in [-0.15, -0.1) is 0 Å². The highest BCUT2D eigenvalue weighted by atomic mass is 16.7. The summed E-state index contributed by atoms with van der Waals surface area (Å²) in [6.45, 7) is 33.9. The van der Waals surface area contributed by atoms with Crippen molar-refractivity contribution in [3.05, 3.63) is 0 Å². The molecule has 3 saturated heterocycles. The highest BCUT2D eigenvalue weighted by molar-refractivity contribution is 5.98. The molecule has 12 nitrogen and oxygen atoms in total. The highest BCUT2D eigenvalue weighted by Crippen LogP contribution is 2.40. The molecule has 0 aliphatic carbocycles. The van der Waals surface area contributed by atoms with E-state index in [1.165, 1.54) is 0 Å². The number of piperidine rings is 3. The lowest BCUT2D eigenvalue weighted by atomic mass is 9.82. The van der Waals surface area contributed by atoms with Gasteiger partial charge in [0.25, 0.3) is 0 Å². The molecule has 0 amide bonds. The first-order valence-corrected chi connectivity index (χ1v) is 23.5. The van der Waals surface area contributed by atoms with Crippen LogP contribution in [0.25, 0.3) is 0 Å². The summed E-state index contributed by atoms with van der Waals surface area (Å²) < 4.78 is 18.8. The number of nitrogens with zero attached hydrogens (tertiary/aromatic N) is 3. The molecule has 3 aliphatic rings. The van der Waals surface area contributed by atoms with Gasteiger partial charge in [-0.05, 0) is 78.6 Å². The van der Waals surface area contributed by atoms with E-state index in [0.29, 0.717) is 58.3 Å². The number of rotatable bonds is 22. The van der Waals surface area contributed by atoms with Gasteiger partial charge in [0.05, 0.1) is 26.2 Å². The zero-order valence-electron chi connectivity index (χ0n) is 40.1. The fraction of sp³-hybridized carbons (Fsp3) is 0.936. The van der Waals surface area contributed by atoms with Gasteiger partial charge in [-0.3, -0.25) is 28.9 Å². The number of hydrogen-bond donors (Lipinski definition) is 0. The van der Waals surface area contributed by atoms with E-state index < -0.39 is 65.2 Å². The molecule has 344 valence electrons. The standard InChI is InChI=1S/C47H87N3O9/c1-16-19-22-54-48-39(32(4)5)25-35(29-45(48,10)11)57-42(51)28-38(43(52)58-36-26-40(33(6)7)49(46(12,13)30-36)55-23-20-17-2)44(53)59-37-27-41(34(8)9)50(47(14,15)31-37)56-24-21-18-3/h32-41H,16-31H2,1-15H3. The largest absolute Gasteiger partial charge is 0.462 e. The van der Waals surface area contributed by atoms with Gasteiger partial charge in [0, 0.05) is 73.3 Å². The monoisotopic (exact) mass is 838 g/mol. The molecule has 0 radical (unpaired) electrons. The van der Waals surface area contributed by atoms with Gasteiger partial charge >= 0.3 is 17.9 Å². The van der Waals surface area contributed by atoms with Crippen LogP contribution in [0.2, 0.25) is 0 Å². The molecule has 3 fully saturated rings. The fourth-order valence-electron chi connectivity index (χ4n) is 9.42. The van der Waals surface area contributed by atoms with E-state index in [4.69, 9.17) is 28.7 Å². The summed E-state index contributed by atoms with van der Waals surface area (Å²) in [7, 11) is 0. The van der Waals surface area contributed by atoms with E-state index >= 15 is 0 Å². The average Bonchev–Trinajstić information content (AvgIpc) is 3.11.